The molecule has 3 rings (SSSR count). The molecular formula is C20H27ClN4O3S2. The van der Waals surface area contributed by atoms with Gasteiger partial charge in [0.2, 0.25) is 0 Å². The molecule has 1 aromatic heterocycles. The van der Waals surface area contributed by atoms with Gasteiger partial charge >= 0.3 is 6.03 Å². The summed E-state index contributed by atoms with van der Waals surface area (Å²) in [5, 5.41) is 3.61. The van der Waals surface area contributed by atoms with Crippen molar-refractivity contribution < 1.29 is 13.2 Å². The average molecular weight is 471 g/mol. The molecule has 1 aliphatic rings. The van der Waals surface area contributed by atoms with Crippen molar-refractivity contribution in [3.63, 3.8) is 0 Å². The molecule has 2 amide bonds. The monoisotopic (exact) mass is 470 g/mol. The first-order valence-electron chi connectivity index (χ1n) is 9.98. The molecule has 0 saturated carbocycles. The van der Waals surface area contributed by atoms with Crippen LogP contribution in [0.15, 0.2) is 40.6 Å². The second kappa shape index (κ2) is 10.00. The molecule has 1 saturated heterocycles. The van der Waals surface area contributed by atoms with E-state index >= 15 is 0 Å². The van der Waals surface area contributed by atoms with Crippen LogP contribution in [0.25, 0.3) is 0 Å². The number of nitrogens with one attached hydrogen (secondary N) is 1. The van der Waals surface area contributed by atoms with Crippen LogP contribution in [0.1, 0.15) is 18.7 Å². The van der Waals surface area contributed by atoms with Crippen LogP contribution in [0.4, 0.5) is 10.5 Å². The largest absolute Gasteiger partial charge is 0.367 e. The number of hydrogen-bond donors (Lipinski definition) is 1. The lowest BCUT2D eigenvalue weighted by Gasteiger charge is -2.36. The minimum atomic E-state index is -3.46. The first kappa shape index (κ1) is 22.9. The van der Waals surface area contributed by atoms with E-state index in [1.54, 1.807) is 17.0 Å². The highest BCUT2D eigenvalue weighted by molar-refractivity contribution is 7.91. The van der Waals surface area contributed by atoms with Crippen LogP contribution in [0, 0.1) is 0 Å². The fourth-order valence-corrected chi connectivity index (χ4v) is 6.58. The van der Waals surface area contributed by atoms with Gasteiger partial charge in [-0.15, -0.1) is 11.3 Å². The highest BCUT2D eigenvalue weighted by Gasteiger charge is 2.25. The van der Waals surface area contributed by atoms with Gasteiger partial charge in [0.25, 0.3) is 10.0 Å². The molecule has 10 heteroatoms. The van der Waals surface area contributed by atoms with E-state index in [4.69, 9.17) is 11.6 Å². The van der Waals surface area contributed by atoms with Crippen LogP contribution in [-0.2, 0) is 16.6 Å². The number of anilines is 1. The van der Waals surface area contributed by atoms with Crippen LogP contribution in [-0.4, -0.2) is 62.9 Å². The van der Waals surface area contributed by atoms with Crippen molar-refractivity contribution in [1.29, 1.82) is 0 Å². The molecule has 2 heterocycles. The summed E-state index contributed by atoms with van der Waals surface area (Å²) in [4.78, 5) is 17.3. The van der Waals surface area contributed by atoms with E-state index < -0.39 is 10.0 Å². The van der Waals surface area contributed by atoms with Gasteiger partial charge in [-0.2, -0.15) is 4.31 Å². The van der Waals surface area contributed by atoms with Gasteiger partial charge in [0, 0.05) is 44.1 Å². The van der Waals surface area contributed by atoms with Gasteiger partial charge in [-0.25, -0.2) is 13.2 Å². The zero-order chi connectivity index (χ0) is 21.7. The Morgan fingerprint density at radius 2 is 1.77 bits per heavy atom. The van der Waals surface area contributed by atoms with E-state index in [2.05, 4.69) is 10.2 Å². The highest BCUT2D eigenvalue weighted by Crippen LogP contribution is 2.26. The summed E-state index contributed by atoms with van der Waals surface area (Å²) in [5.41, 5.74) is 0.986. The second-order valence-electron chi connectivity index (χ2n) is 6.89. The zero-order valence-corrected chi connectivity index (χ0v) is 19.6. The number of carbonyl (C=O) groups excluding carboxylic acids is 1. The minimum absolute atomic E-state index is 0.143. The smallest absolute Gasteiger partial charge is 0.317 e. The number of halogens is 1. The van der Waals surface area contributed by atoms with Gasteiger partial charge in [0.05, 0.1) is 17.3 Å². The van der Waals surface area contributed by atoms with Crippen molar-refractivity contribution in [2.24, 2.45) is 0 Å². The Morgan fingerprint density at radius 1 is 1.10 bits per heavy atom. The third kappa shape index (κ3) is 5.08. The standard InChI is InChI=1S/C20H27ClN4O3S2/c1-3-25(4-2)30(27,28)19-10-9-16(29-19)15-22-20(26)24-13-11-23(12-14-24)18-8-6-5-7-17(18)21/h5-10H,3-4,11-15H2,1-2H3,(H,22,26). The Balaban J connectivity index is 1.52. The third-order valence-corrected chi connectivity index (χ3v) is 9.03. The molecule has 1 N–H and O–H groups in total. The van der Waals surface area contributed by atoms with Crippen molar-refractivity contribution in [1.82, 2.24) is 14.5 Å². The first-order valence-corrected chi connectivity index (χ1v) is 12.6. The van der Waals surface area contributed by atoms with Gasteiger partial charge in [-0.05, 0) is 24.3 Å². The quantitative estimate of drug-likeness (QED) is 0.672. The molecule has 0 atom stereocenters. The molecule has 1 aliphatic heterocycles. The lowest BCUT2D eigenvalue weighted by molar-refractivity contribution is 0.194. The summed E-state index contributed by atoms with van der Waals surface area (Å²) in [5.74, 6) is 0. The summed E-state index contributed by atoms with van der Waals surface area (Å²) in [6.45, 7) is 7.44. The van der Waals surface area contributed by atoms with E-state index in [0.717, 1.165) is 10.6 Å². The summed E-state index contributed by atoms with van der Waals surface area (Å²) in [6.07, 6.45) is 0. The van der Waals surface area contributed by atoms with E-state index in [0.29, 0.717) is 55.0 Å². The summed E-state index contributed by atoms with van der Waals surface area (Å²) >= 11 is 7.47. The highest BCUT2D eigenvalue weighted by atomic mass is 35.5. The maximum atomic E-state index is 12.6. The zero-order valence-electron chi connectivity index (χ0n) is 17.2. The topological polar surface area (TPSA) is 73.0 Å². The minimum Gasteiger partial charge on any atom is -0.367 e. The van der Waals surface area contributed by atoms with Crippen LogP contribution in [0.5, 0.6) is 0 Å². The van der Waals surface area contributed by atoms with Crippen molar-refractivity contribution in [2.75, 3.05) is 44.2 Å². The van der Waals surface area contributed by atoms with Crippen LogP contribution < -0.4 is 10.2 Å². The number of sulfonamides is 1. The third-order valence-electron chi connectivity index (χ3n) is 5.11. The molecule has 30 heavy (non-hydrogen) atoms. The molecule has 1 fully saturated rings. The van der Waals surface area contributed by atoms with E-state index in [-0.39, 0.29) is 6.03 Å². The van der Waals surface area contributed by atoms with Gasteiger partial charge in [-0.3, -0.25) is 0 Å². The van der Waals surface area contributed by atoms with Crippen molar-refractivity contribution in [3.05, 3.63) is 46.3 Å². The lowest BCUT2D eigenvalue weighted by atomic mass is 10.2. The first-order chi connectivity index (χ1) is 14.4. The molecule has 0 bridgehead atoms. The van der Waals surface area contributed by atoms with Gasteiger partial charge in [-0.1, -0.05) is 37.6 Å². The Bertz CT molecular complexity index is 968. The maximum absolute atomic E-state index is 12.6. The van der Waals surface area contributed by atoms with Gasteiger partial charge in [0.1, 0.15) is 4.21 Å². The number of hydrogen-bond acceptors (Lipinski definition) is 5. The van der Waals surface area contributed by atoms with Crippen LogP contribution >= 0.6 is 22.9 Å². The lowest BCUT2D eigenvalue weighted by Crippen LogP contribution is -2.51. The number of urea groups is 1. The summed E-state index contributed by atoms with van der Waals surface area (Å²) < 4.78 is 26.9. The molecule has 164 valence electrons. The fraction of sp³-hybridized carbons (Fsp3) is 0.450. The van der Waals surface area contributed by atoms with Crippen molar-refractivity contribution in [2.45, 2.75) is 24.6 Å². The molecular weight excluding hydrogens is 444 g/mol. The molecule has 0 radical (unpaired) electrons. The predicted octanol–water partition coefficient (Wildman–Crippen LogP) is 3.46. The molecule has 1 aromatic carbocycles. The molecule has 0 spiro atoms. The Hall–Kier alpha value is -1.81. The number of nitrogens with zero attached hydrogens (tertiary/aromatic N) is 3. The van der Waals surface area contributed by atoms with E-state index in [9.17, 15) is 13.2 Å². The molecule has 0 aliphatic carbocycles. The number of piperazine rings is 1. The number of amides is 2. The van der Waals surface area contributed by atoms with Gasteiger partial charge in [0.15, 0.2) is 0 Å². The normalized spacial score (nSPS) is 14.9. The van der Waals surface area contributed by atoms with E-state index in [1.165, 1.54) is 15.6 Å². The van der Waals surface area contributed by atoms with Crippen LogP contribution in [0.2, 0.25) is 5.02 Å². The van der Waals surface area contributed by atoms with Gasteiger partial charge < -0.3 is 15.1 Å². The number of thiophene rings is 1. The van der Waals surface area contributed by atoms with Crippen molar-refractivity contribution in [3.8, 4) is 0 Å². The number of benzene rings is 1. The van der Waals surface area contributed by atoms with Crippen molar-refractivity contribution >= 4 is 44.7 Å². The molecule has 7 nitrogen and oxygen atoms in total. The maximum Gasteiger partial charge on any atom is 0.317 e. The number of carbonyl (C=O) groups is 1. The molecule has 0 unspecified atom stereocenters. The average Bonchev–Trinajstić information content (AvgIpc) is 3.23. The SMILES string of the molecule is CCN(CC)S(=O)(=O)c1ccc(CNC(=O)N2CCN(c3ccccc3Cl)CC2)s1. The predicted molar refractivity (Wildman–Crippen MR) is 122 cm³/mol. The number of para-hydroxylation sites is 1. The Labute approximate surface area is 187 Å². The Kier molecular flexibility index (Phi) is 7.62. The summed E-state index contributed by atoms with van der Waals surface area (Å²) in [6, 6.07) is 10.9. The second-order valence-corrected chi connectivity index (χ2v) is 10.6. The molecule has 2 aromatic rings. The van der Waals surface area contributed by atoms with Crippen LogP contribution in [0.3, 0.4) is 0 Å². The summed E-state index contributed by atoms with van der Waals surface area (Å²) in [7, 11) is -3.46. The fourth-order valence-electron chi connectivity index (χ4n) is 3.42. The number of rotatable bonds is 7. The van der Waals surface area contributed by atoms with E-state index in [1.807, 2.05) is 38.1 Å². The Morgan fingerprint density at radius 3 is 2.40 bits per heavy atom.